The van der Waals surface area contributed by atoms with Crippen molar-refractivity contribution >= 4 is 0 Å². The second-order valence-electron chi connectivity index (χ2n) is 5.16. The minimum atomic E-state index is 0.0471. The number of imidazole rings is 1. The van der Waals surface area contributed by atoms with Gasteiger partial charge in [-0.2, -0.15) is 0 Å². The van der Waals surface area contributed by atoms with E-state index in [-0.39, 0.29) is 12.1 Å². The fourth-order valence-corrected chi connectivity index (χ4v) is 2.62. The van der Waals surface area contributed by atoms with Crippen molar-refractivity contribution in [2.45, 2.75) is 45.7 Å². The molecule has 0 amide bonds. The Morgan fingerprint density at radius 1 is 1.32 bits per heavy atom. The third-order valence-corrected chi connectivity index (χ3v) is 3.53. The molecule has 2 unspecified atom stereocenters. The number of aryl methyl sites for hydroxylation is 2. The summed E-state index contributed by atoms with van der Waals surface area (Å²) in [5, 5.41) is 0. The Kier molecular flexibility index (Phi) is 4.38. The van der Waals surface area contributed by atoms with Crippen LogP contribution in [-0.4, -0.2) is 15.6 Å². The molecule has 0 spiro atoms. The molecule has 19 heavy (non-hydrogen) atoms. The predicted molar refractivity (Wildman–Crippen MR) is 79.2 cm³/mol. The number of nitrogens with zero attached hydrogens (tertiary/aromatic N) is 2. The van der Waals surface area contributed by atoms with Crippen LogP contribution in [0.5, 0.6) is 0 Å². The molecule has 0 radical (unpaired) electrons. The highest BCUT2D eigenvalue weighted by molar-refractivity contribution is 5.31. The van der Waals surface area contributed by atoms with E-state index in [2.05, 4.69) is 54.6 Å². The Morgan fingerprint density at radius 3 is 2.68 bits per heavy atom. The van der Waals surface area contributed by atoms with Gasteiger partial charge in [0.1, 0.15) is 5.82 Å². The maximum atomic E-state index is 6.25. The average Bonchev–Trinajstić information content (AvgIpc) is 2.80. The van der Waals surface area contributed by atoms with Crippen LogP contribution in [0.4, 0.5) is 0 Å². The summed E-state index contributed by atoms with van der Waals surface area (Å²) in [6, 6.07) is 8.66. The summed E-state index contributed by atoms with van der Waals surface area (Å²) in [4.78, 5) is 4.47. The largest absolute Gasteiger partial charge is 0.326 e. The topological polar surface area (TPSA) is 43.8 Å². The lowest BCUT2D eigenvalue weighted by molar-refractivity contribution is 0.476. The highest BCUT2D eigenvalue weighted by atomic mass is 15.1. The predicted octanol–water partition coefficient (Wildman–Crippen LogP) is 3.08. The van der Waals surface area contributed by atoms with Crippen LogP contribution in [0.2, 0.25) is 0 Å². The highest BCUT2D eigenvalue weighted by Gasteiger charge is 2.21. The molecule has 0 bridgehead atoms. The standard InChI is InChI=1S/C16H23N3/c1-4-7-15-18-10-11-19(15)16(13(3)17)14-9-6-5-8-12(14)2/h5-6,8-11,13,16H,4,7,17H2,1-3H3. The van der Waals surface area contributed by atoms with Crippen LogP contribution in [0.15, 0.2) is 36.7 Å². The minimum absolute atomic E-state index is 0.0471. The molecule has 0 aliphatic heterocycles. The third kappa shape index (κ3) is 2.87. The Labute approximate surface area is 115 Å². The van der Waals surface area contributed by atoms with E-state index in [9.17, 15) is 0 Å². The van der Waals surface area contributed by atoms with Crippen LogP contribution >= 0.6 is 0 Å². The van der Waals surface area contributed by atoms with E-state index >= 15 is 0 Å². The lowest BCUT2D eigenvalue weighted by atomic mass is 9.96. The Balaban J connectivity index is 2.46. The molecule has 3 nitrogen and oxygen atoms in total. The van der Waals surface area contributed by atoms with E-state index in [1.54, 1.807) is 0 Å². The zero-order valence-electron chi connectivity index (χ0n) is 12.0. The molecular formula is C16H23N3. The van der Waals surface area contributed by atoms with Gasteiger partial charge in [0, 0.05) is 24.9 Å². The first-order valence-corrected chi connectivity index (χ1v) is 6.98. The number of hydrogen-bond acceptors (Lipinski definition) is 2. The average molecular weight is 257 g/mol. The van der Waals surface area contributed by atoms with E-state index in [4.69, 9.17) is 5.73 Å². The van der Waals surface area contributed by atoms with Crippen molar-refractivity contribution in [3.63, 3.8) is 0 Å². The quantitative estimate of drug-likeness (QED) is 0.894. The molecule has 1 aromatic carbocycles. The SMILES string of the molecule is CCCc1nccn1C(c1ccccc1C)C(C)N. The summed E-state index contributed by atoms with van der Waals surface area (Å²) in [5.41, 5.74) is 8.81. The van der Waals surface area contributed by atoms with E-state index in [1.165, 1.54) is 11.1 Å². The summed E-state index contributed by atoms with van der Waals surface area (Å²) in [7, 11) is 0. The maximum absolute atomic E-state index is 6.25. The smallest absolute Gasteiger partial charge is 0.109 e. The van der Waals surface area contributed by atoms with Gasteiger partial charge < -0.3 is 10.3 Å². The van der Waals surface area contributed by atoms with Gasteiger partial charge in [-0.1, -0.05) is 31.2 Å². The first kappa shape index (κ1) is 13.8. The summed E-state index contributed by atoms with van der Waals surface area (Å²) in [5.74, 6) is 1.12. The second kappa shape index (κ2) is 6.02. The highest BCUT2D eigenvalue weighted by Crippen LogP contribution is 2.25. The molecular weight excluding hydrogens is 234 g/mol. The van der Waals surface area contributed by atoms with Gasteiger partial charge in [-0.05, 0) is 31.4 Å². The van der Waals surface area contributed by atoms with Gasteiger partial charge in [0.25, 0.3) is 0 Å². The molecule has 0 saturated heterocycles. The van der Waals surface area contributed by atoms with Crippen LogP contribution in [0.1, 0.15) is 43.3 Å². The van der Waals surface area contributed by atoms with E-state index in [0.29, 0.717) is 0 Å². The first-order valence-electron chi connectivity index (χ1n) is 6.98. The normalized spacial score (nSPS) is 14.3. The third-order valence-electron chi connectivity index (χ3n) is 3.53. The van der Waals surface area contributed by atoms with Gasteiger partial charge in [-0.25, -0.2) is 4.98 Å². The van der Waals surface area contributed by atoms with Gasteiger partial charge in [0.05, 0.1) is 6.04 Å². The van der Waals surface area contributed by atoms with Crippen molar-refractivity contribution in [3.8, 4) is 0 Å². The van der Waals surface area contributed by atoms with E-state index in [0.717, 1.165) is 18.7 Å². The fraction of sp³-hybridized carbons (Fsp3) is 0.438. The lowest BCUT2D eigenvalue weighted by Gasteiger charge is -2.26. The fourth-order valence-electron chi connectivity index (χ4n) is 2.62. The maximum Gasteiger partial charge on any atom is 0.109 e. The Morgan fingerprint density at radius 2 is 2.05 bits per heavy atom. The van der Waals surface area contributed by atoms with Crippen molar-refractivity contribution in [2.75, 3.05) is 0 Å². The van der Waals surface area contributed by atoms with Crippen LogP contribution in [0.3, 0.4) is 0 Å². The van der Waals surface area contributed by atoms with Gasteiger partial charge in [0.2, 0.25) is 0 Å². The van der Waals surface area contributed by atoms with E-state index < -0.39 is 0 Å². The second-order valence-corrected chi connectivity index (χ2v) is 5.16. The zero-order chi connectivity index (χ0) is 13.8. The van der Waals surface area contributed by atoms with Crippen molar-refractivity contribution in [1.29, 1.82) is 0 Å². The number of rotatable bonds is 5. The van der Waals surface area contributed by atoms with Crippen LogP contribution in [0.25, 0.3) is 0 Å². The molecule has 2 atom stereocenters. The molecule has 2 rings (SSSR count). The van der Waals surface area contributed by atoms with Crippen LogP contribution in [0, 0.1) is 6.92 Å². The van der Waals surface area contributed by atoms with Crippen LogP contribution < -0.4 is 5.73 Å². The summed E-state index contributed by atoms with van der Waals surface area (Å²) in [6.45, 7) is 6.38. The lowest BCUT2D eigenvalue weighted by Crippen LogP contribution is -2.31. The molecule has 3 heteroatoms. The van der Waals surface area contributed by atoms with E-state index in [1.807, 2.05) is 12.4 Å². The van der Waals surface area contributed by atoms with Crippen molar-refractivity contribution in [3.05, 3.63) is 53.6 Å². The number of aromatic nitrogens is 2. The van der Waals surface area contributed by atoms with Gasteiger partial charge in [-0.15, -0.1) is 0 Å². The molecule has 0 aliphatic rings. The molecule has 2 aromatic rings. The molecule has 1 aromatic heterocycles. The zero-order valence-corrected chi connectivity index (χ0v) is 12.0. The molecule has 0 fully saturated rings. The summed E-state index contributed by atoms with van der Waals surface area (Å²) >= 11 is 0. The van der Waals surface area contributed by atoms with Gasteiger partial charge in [-0.3, -0.25) is 0 Å². The molecule has 1 heterocycles. The van der Waals surface area contributed by atoms with Crippen molar-refractivity contribution in [2.24, 2.45) is 5.73 Å². The van der Waals surface area contributed by atoms with Gasteiger partial charge in [0.15, 0.2) is 0 Å². The summed E-state index contributed by atoms with van der Waals surface area (Å²) < 4.78 is 2.23. The number of hydrogen-bond donors (Lipinski definition) is 1. The minimum Gasteiger partial charge on any atom is -0.326 e. The van der Waals surface area contributed by atoms with Gasteiger partial charge >= 0.3 is 0 Å². The first-order chi connectivity index (χ1) is 9.15. The number of benzene rings is 1. The molecule has 0 aliphatic carbocycles. The molecule has 102 valence electrons. The number of nitrogens with two attached hydrogens (primary N) is 1. The Hall–Kier alpha value is -1.61. The Bertz CT molecular complexity index is 528. The monoisotopic (exact) mass is 257 g/mol. The summed E-state index contributed by atoms with van der Waals surface area (Å²) in [6.07, 6.45) is 6.00. The van der Waals surface area contributed by atoms with Crippen molar-refractivity contribution in [1.82, 2.24) is 9.55 Å². The van der Waals surface area contributed by atoms with Crippen LogP contribution in [-0.2, 0) is 6.42 Å². The molecule has 0 saturated carbocycles. The molecule has 2 N–H and O–H groups in total. The van der Waals surface area contributed by atoms with Crippen molar-refractivity contribution < 1.29 is 0 Å².